The summed E-state index contributed by atoms with van der Waals surface area (Å²) < 4.78 is 5.19. The Morgan fingerprint density at radius 2 is 2.12 bits per heavy atom. The number of benzene rings is 1. The lowest BCUT2D eigenvalue weighted by molar-refractivity contribution is 0.149. The van der Waals surface area contributed by atoms with E-state index in [1.165, 1.54) is 0 Å². The molecule has 0 radical (unpaired) electrons. The monoisotopic (exact) mass is 219 g/mol. The lowest BCUT2D eigenvalue weighted by atomic mass is 9.91. The van der Waals surface area contributed by atoms with Crippen molar-refractivity contribution in [1.29, 1.82) is 5.26 Å². The Hall–Kier alpha value is -1.53. The van der Waals surface area contributed by atoms with Crippen molar-refractivity contribution in [2.75, 3.05) is 7.11 Å². The molecule has 1 rings (SSSR count). The van der Waals surface area contributed by atoms with Crippen LogP contribution >= 0.6 is 0 Å². The molecule has 0 aliphatic heterocycles. The van der Waals surface area contributed by atoms with Gasteiger partial charge in [0.25, 0.3) is 0 Å². The number of aliphatic hydroxyl groups excluding tert-OH is 1. The molecule has 16 heavy (non-hydrogen) atoms. The second kappa shape index (κ2) is 6.14. The molecule has 0 saturated carbocycles. The van der Waals surface area contributed by atoms with Gasteiger partial charge in [0.15, 0.2) is 0 Å². The lowest BCUT2D eigenvalue weighted by Gasteiger charge is -2.18. The van der Waals surface area contributed by atoms with Gasteiger partial charge in [0.2, 0.25) is 0 Å². The highest BCUT2D eigenvalue weighted by atomic mass is 16.5. The van der Waals surface area contributed by atoms with Crippen molar-refractivity contribution in [3.8, 4) is 11.8 Å². The highest BCUT2D eigenvalue weighted by Crippen LogP contribution is 2.29. The molecule has 0 bridgehead atoms. The molecular weight excluding hydrogens is 202 g/mol. The van der Waals surface area contributed by atoms with Gasteiger partial charge < -0.3 is 9.84 Å². The Morgan fingerprint density at radius 3 is 2.69 bits per heavy atom. The van der Waals surface area contributed by atoms with Crippen LogP contribution in [-0.2, 0) is 0 Å². The van der Waals surface area contributed by atoms with Gasteiger partial charge in [-0.2, -0.15) is 5.26 Å². The van der Waals surface area contributed by atoms with Crippen LogP contribution in [0, 0.1) is 11.3 Å². The molecule has 86 valence electrons. The van der Waals surface area contributed by atoms with E-state index >= 15 is 0 Å². The first-order valence-corrected chi connectivity index (χ1v) is 5.45. The minimum absolute atomic E-state index is 0.518. The summed E-state index contributed by atoms with van der Waals surface area (Å²) in [7, 11) is 1.57. The van der Waals surface area contributed by atoms with E-state index in [1.807, 2.05) is 25.1 Å². The Balaban J connectivity index is 2.99. The summed E-state index contributed by atoms with van der Waals surface area (Å²) in [6.07, 6.45) is 0.844. The van der Waals surface area contributed by atoms with Gasteiger partial charge >= 0.3 is 0 Å². The molecule has 3 nitrogen and oxygen atoms in total. The second-order valence-electron chi connectivity index (χ2n) is 3.70. The van der Waals surface area contributed by atoms with E-state index in [0.29, 0.717) is 12.2 Å². The molecule has 2 atom stereocenters. The molecule has 2 unspecified atom stereocenters. The van der Waals surface area contributed by atoms with Crippen molar-refractivity contribution in [2.45, 2.75) is 31.8 Å². The number of methoxy groups -OCH3 is 1. The van der Waals surface area contributed by atoms with E-state index in [1.54, 1.807) is 13.2 Å². The molecule has 0 amide bonds. The van der Waals surface area contributed by atoms with Crippen molar-refractivity contribution >= 4 is 0 Å². The summed E-state index contributed by atoms with van der Waals surface area (Å²) in [4.78, 5) is 0. The number of nitrogens with zero attached hydrogens (tertiary/aromatic N) is 1. The number of hydrogen-bond donors (Lipinski definition) is 1. The van der Waals surface area contributed by atoms with Crippen LogP contribution in [0.25, 0.3) is 0 Å². The maximum absolute atomic E-state index is 9.90. The largest absolute Gasteiger partial charge is 0.496 e. The Bertz CT molecular complexity index is 370. The van der Waals surface area contributed by atoms with Crippen LogP contribution < -0.4 is 4.74 Å². The van der Waals surface area contributed by atoms with Crippen LogP contribution in [0.5, 0.6) is 5.75 Å². The minimum Gasteiger partial charge on any atom is -0.496 e. The highest BCUT2D eigenvalue weighted by molar-refractivity contribution is 5.39. The predicted molar refractivity (Wildman–Crippen MR) is 62.3 cm³/mol. The van der Waals surface area contributed by atoms with Gasteiger partial charge in [-0.1, -0.05) is 31.5 Å². The van der Waals surface area contributed by atoms with Crippen molar-refractivity contribution in [1.82, 2.24) is 0 Å². The third-order valence-corrected chi connectivity index (χ3v) is 2.58. The number of hydrogen-bond acceptors (Lipinski definition) is 3. The third-order valence-electron chi connectivity index (χ3n) is 2.58. The average molecular weight is 219 g/mol. The second-order valence-corrected chi connectivity index (χ2v) is 3.70. The van der Waals surface area contributed by atoms with E-state index in [0.717, 1.165) is 12.0 Å². The first-order valence-electron chi connectivity index (χ1n) is 5.45. The zero-order chi connectivity index (χ0) is 12.0. The molecule has 1 aromatic rings. The Kier molecular flexibility index (Phi) is 4.81. The maximum Gasteiger partial charge on any atom is 0.123 e. The van der Waals surface area contributed by atoms with Gasteiger partial charge in [-0.15, -0.1) is 0 Å². The first-order chi connectivity index (χ1) is 7.74. The average Bonchev–Trinajstić information content (AvgIpc) is 2.31. The molecule has 0 saturated heterocycles. The van der Waals surface area contributed by atoms with E-state index in [2.05, 4.69) is 6.07 Å². The van der Waals surface area contributed by atoms with Crippen LogP contribution in [0.1, 0.15) is 31.2 Å². The zero-order valence-electron chi connectivity index (χ0n) is 9.68. The fraction of sp³-hybridized carbons (Fsp3) is 0.462. The van der Waals surface area contributed by atoms with E-state index in [9.17, 15) is 5.11 Å². The molecule has 0 aliphatic rings. The zero-order valence-corrected chi connectivity index (χ0v) is 9.68. The Morgan fingerprint density at radius 1 is 1.44 bits per heavy atom. The quantitative estimate of drug-likeness (QED) is 0.827. The first kappa shape index (κ1) is 12.5. The standard InChI is InChI=1S/C13H17NO2/c1-3-6-12(15)11(9-14)10-7-4-5-8-13(10)16-2/h4-5,7-8,11-12,15H,3,6H2,1-2H3. The molecular formula is C13H17NO2. The van der Waals surface area contributed by atoms with Gasteiger partial charge in [0.1, 0.15) is 11.7 Å². The third kappa shape index (κ3) is 2.74. The van der Waals surface area contributed by atoms with Gasteiger partial charge in [-0.25, -0.2) is 0 Å². The number of para-hydroxylation sites is 1. The predicted octanol–water partition coefficient (Wildman–Crippen LogP) is 2.46. The van der Waals surface area contributed by atoms with Gasteiger partial charge in [0.05, 0.1) is 19.3 Å². The SMILES string of the molecule is CCCC(O)C(C#N)c1ccccc1OC. The number of nitriles is 1. The Labute approximate surface area is 96.3 Å². The van der Waals surface area contributed by atoms with E-state index in [4.69, 9.17) is 10.00 Å². The summed E-state index contributed by atoms with van der Waals surface area (Å²) in [5, 5.41) is 19.0. The van der Waals surface area contributed by atoms with Gasteiger partial charge in [-0.05, 0) is 12.5 Å². The summed E-state index contributed by atoms with van der Waals surface area (Å²) in [5.41, 5.74) is 0.758. The van der Waals surface area contributed by atoms with Crippen molar-refractivity contribution in [3.63, 3.8) is 0 Å². The molecule has 0 heterocycles. The summed E-state index contributed by atoms with van der Waals surface area (Å²) in [5.74, 6) is 0.139. The van der Waals surface area contributed by atoms with Crippen LogP contribution in [0.3, 0.4) is 0 Å². The van der Waals surface area contributed by atoms with Crippen LogP contribution in [0.4, 0.5) is 0 Å². The van der Waals surface area contributed by atoms with Crippen molar-refractivity contribution in [3.05, 3.63) is 29.8 Å². The van der Waals surface area contributed by atoms with Crippen molar-refractivity contribution in [2.24, 2.45) is 0 Å². The number of ether oxygens (including phenoxy) is 1. The summed E-state index contributed by atoms with van der Waals surface area (Å²) in [6, 6.07) is 9.47. The normalized spacial score (nSPS) is 13.9. The minimum atomic E-state index is -0.633. The topological polar surface area (TPSA) is 53.2 Å². The molecule has 3 heteroatoms. The highest BCUT2D eigenvalue weighted by Gasteiger charge is 2.22. The molecule has 1 N–H and O–H groups in total. The van der Waals surface area contributed by atoms with Gasteiger partial charge in [0, 0.05) is 5.56 Å². The van der Waals surface area contributed by atoms with Gasteiger partial charge in [-0.3, -0.25) is 0 Å². The van der Waals surface area contributed by atoms with E-state index in [-0.39, 0.29) is 0 Å². The fourth-order valence-electron chi connectivity index (χ4n) is 1.75. The molecule has 1 aromatic carbocycles. The maximum atomic E-state index is 9.90. The summed E-state index contributed by atoms with van der Waals surface area (Å²) in [6.45, 7) is 1.99. The van der Waals surface area contributed by atoms with Crippen LogP contribution in [0.15, 0.2) is 24.3 Å². The van der Waals surface area contributed by atoms with Crippen LogP contribution in [-0.4, -0.2) is 18.3 Å². The molecule has 0 aromatic heterocycles. The molecule has 0 fully saturated rings. The van der Waals surface area contributed by atoms with Crippen molar-refractivity contribution < 1.29 is 9.84 Å². The number of aliphatic hydroxyl groups is 1. The molecule has 0 spiro atoms. The summed E-state index contributed by atoms with van der Waals surface area (Å²) >= 11 is 0. The van der Waals surface area contributed by atoms with Crippen LogP contribution in [0.2, 0.25) is 0 Å². The molecule has 0 aliphatic carbocycles. The van der Waals surface area contributed by atoms with E-state index < -0.39 is 12.0 Å². The fourth-order valence-corrected chi connectivity index (χ4v) is 1.75. The smallest absolute Gasteiger partial charge is 0.123 e. The number of rotatable bonds is 5. The lowest BCUT2D eigenvalue weighted by Crippen LogP contribution is -2.17.